The number of nitrogens with zero attached hydrogens (tertiary/aromatic N) is 4. The van der Waals surface area contributed by atoms with Crippen molar-refractivity contribution in [2.45, 2.75) is 126 Å². The number of likely N-dealkylation sites (tertiary alicyclic amines) is 2. The number of nitro benzene ring substituents is 2. The molecule has 5 aromatic rings. The molecule has 5 aromatic carbocycles. The molecule has 6 atom stereocenters. The number of unbranched alkanes of at least 4 members (excludes halogenated alkanes) is 2. The minimum absolute atomic E-state index is 0.0159. The Morgan fingerprint density at radius 2 is 0.833 bits per heavy atom. The minimum Gasteiger partial charge on any atom is -0.379 e. The Hall–Kier alpha value is -8.76. The van der Waals surface area contributed by atoms with Crippen LogP contribution >= 0.6 is 0 Å². The molecule has 7 rings (SSSR count). The van der Waals surface area contributed by atoms with E-state index >= 15 is 0 Å². The number of rotatable bonds is 30. The molecule has 2 heterocycles. The van der Waals surface area contributed by atoms with Crippen LogP contribution in [0.15, 0.2) is 133 Å². The van der Waals surface area contributed by atoms with Gasteiger partial charge in [0.25, 0.3) is 11.4 Å². The van der Waals surface area contributed by atoms with Crippen LogP contribution in [0.5, 0.6) is 0 Å². The number of carbonyl (C=O) groups excluding carboxylic acids is 6. The van der Waals surface area contributed by atoms with E-state index < -0.39 is 93.2 Å². The number of hydrogen-bond donors (Lipinski definition) is 8. The first-order valence-corrected chi connectivity index (χ1v) is 28.9. The van der Waals surface area contributed by atoms with E-state index in [-0.39, 0.29) is 49.1 Å². The van der Waals surface area contributed by atoms with Crippen molar-refractivity contribution >= 4 is 58.2 Å². The van der Waals surface area contributed by atoms with Gasteiger partial charge in [0.15, 0.2) is 0 Å². The van der Waals surface area contributed by atoms with E-state index in [1.165, 1.54) is 15.9 Å². The molecule has 0 aromatic heterocycles. The lowest BCUT2D eigenvalue weighted by Gasteiger charge is -2.30. The molecule has 84 heavy (non-hydrogen) atoms. The lowest BCUT2D eigenvalue weighted by atomic mass is 9.98. The van der Waals surface area contributed by atoms with Crippen LogP contribution in [0.25, 0.3) is 0 Å². The first kappa shape index (κ1) is 62.8. The van der Waals surface area contributed by atoms with Crippen molar-refractivity contribution in [2.24, 2.45) is 0 Å². The van der Waals surface area contributed by atoms with Crippen LogP contribution in [-0.4, -0.2) is 132 Å². The van der Waals surface area contributed by atoms with Gasteiger partial charge in [0.2, 0.25) is 35.4 Å². The maximum absolute atomic E-state index is 14.4. The van der Waals surface area contributed by atoms with Crippen molar-refractivity contribution < 1.29 is 38.6 Å². The SMILES string of the molecule is CN[C@@H](C)C(=O)N[C@@H](CCCCNc1cc(NCCCC[C@H](NC(=O)[C@H](C)NC)C(=O)N2CCC[C@H]2C(=O)NC(c2ccccc2)c2ccccc2)c([N+](=O)[O-])cc1[N+](=O)[O-])C(=O)N1CCC[C@H]1C(=O)NC(c1ccccc1)c1ccccc1. The van der Waals surface area contributed by atoms with Crippen molar-refractivity contribution in [3.63, 3.8) is 0 Å². The molecule has 22 heteroatoms. The average molecular weight is 1150 g/mol. The van der Waals surface area contributed by atoms with Crippen LogP contribution in [-0.2, 0) is 28.8 Å². The summed E-state index contributed by atoms with van der Waals surface area (Å²) in [6, 6.07) is 34.7. The number of carbonyl (C=O) groups is 6. The van der Waals surface area contributed by atoms with E-state index in [0.717, 1.165) is 28.3 Å². The minimum atomic E-state index is -0.992. The molecule has 0 unspecified atom stereocenters. The summed E-state index contributed by atoms with van der Waals surface area (Å²) in [5.41, 5.74) is 2.50. The Morgan fingerprint density at radius 3 is 1.14 bits per heavy atom. The van der Waals surface area contributed by atoms with Gasteiger partial charge in [0.05, 0.1) is 40.1 Å². The molecule has 2 aliphatic heterocycles. The molecule has 0 spiro atoms. The molecule has 8 N–H and O–H groups in total. The summed E-state index contributed by atoms with van der Waals surface area (Å²) in [6.07, 6.45) is 3.86. The molecule has 0 bridgehead atoms. The highest BCUT2D eigenvalue weighted by Crippen LogP contribution is 2.37. The van der Waals surface area contributed by atoms with Gasteiger partial charge in [-0.25, -0.2) is 0 Å². The van der Waals surface area contributed by atoms with Gasteiger partial charge < -0.3 is 52.3 Å². The number of nitrogens with one attached hydrogen (secondary N) is 8. The van der Waals surface area contributed by atoms with E-state index in [1.807, 2.05) is 121 Å². The van der Waals surface area contributed by atoms with E-state index in [0.29, 0.717) is 64.5 Å². The van der Waals surface area contributed by atoms with Gasteiger partial charge in [-0.3, -0.25) is 49.0 Å². The second kappa shape index (κ2) is 31.1. The van der Waals surface area contributed by atoms with Gasteiger partial charge in [-0.05, 0) is 120 Å². The van der Waals surface area contributed by atoms with Crippen LogP contribution in [0, 0.1) is 20.2 Å². The Kier molecular flexibility index (Phi) is 23.2. The predicted molar refractivity (Wildman–Crippen MR) is 321 cm³/mol. The van der Waals surface area contributed by atoms with E-state index in [4.69, 9.17) is 0 Å². The molecule has 0 aliphatic carbocycles. The lowest BCUT2D eigenvalue weighted by Crippen LogP contribution is -2.55. The second-order valence-corrected chi connectivity index (χ2v) is 21.3. The van der Waals surface area contributed by atoms with Gasteiger partial charge >= 0.3 is 0 Å². The third-order valence-corrected chi connectivity index (χ3v) is 15.6. The summed E-state index contributed by atoms with van der Waals surface area (Å²) in [4.78, 5) is 110. The quantitative estimate of drug-likeness (QED) is 0.0136. The van der Waals surface area contributed by atoms with Crippen LogP contribution in [0.2, 0.25) is 0 Å². The molecule has 2 saturated heterocycles. The molecular weight excluding hydrogens is 1070 g/mol. The molecule has 0 saturated carbocycles. The largest absolute Gasteiger partial charge is 0.379 e. The van der Waals surface area contributed by atoms with Gasteiger partial charge in [0, 0.05) is 26.2 Å². The highest BCUT2D eigenvalue weighted by molar-refractivity contribution is 5.95. The Bertz CT molecular complexity index is 2760. The summed E-state index contributed by atoms with van der Waals surface area (Å²) in [7, 11) is 3.25. The fourth-order valence-corrected chi connectivity index (χ4v) is 10.7. The molecule has 22 nitrogen and oxygen atoms in total. The average Bonchev–Trinajstić information content (AvgIpc) is 4.40. The Labute approximate surface area is 490 Å². The summed E-state index contributed by atoms with van der Waals surface area (Å²) >= 11 is 0. The molecule has 2 fully saturated rings. The van der Waals surface area contributed by atoms with Crippen molar-refractivity contribution in [1.82, 2.24) is 41.7 Å². The number of benzene rings is 5. The first-order chi connectivity index (χ1) is 40.6. The van der Waals surface area contributed by atoms with Crippen LogP contribution in [0.3, 0.4) is 0 Å². The summed E-state index contributed by atoms with van der Waals surface area (Å²) < 4.78 is 0. The third-order valence-electron chi connectivity index (χ3n) is 15.6. The molecular formula is C62H78N12O10. The highest BCUT2D eigenvalue weighted by Gasteiger charge is 2.40. The fraction of sp³-hybridized carbons (Fsp3) is 0.419. The van der Waals surface area contributed by atoms with Crippen molar-refractivity contribution in [3.05, 3.63) is 176 Å². The zero-order valence-electron chi connectivity index (χ0n) is 48.1. The monoisotopic (exact) mass is 1150 g/mol. The standard InChI is InChI=1S/C62H78N12O10/c1-41(63-3)57(75)67-47(61(79)71-37-21-33-51(71)59(77)69-55(43-23-9-5-10-24-43)44-25-11-6-12-26-44)31-17-19-35-65-49-39-50(54(74(83)84)40-53(49)73(81)82)66-36-20-18-32-48(68-58(76)42(2)64-4)62(80)72-38-22-34-52(72)60(78)70-56(45-27-13-7-14-28-45)46-29-15-8-16-30-46/h5-16,23-30,39-42,47-48,51-52,55-56,63-66H,17-22,31-38H2,1-4H3,(H,67,75)(H,68,76)(H,69,77)(H,70,78)/t41-,42-,47-,48-,51-,52-/m0/s1. The zero-order valence-corrected chi connectivity index (χ0v) is 48.1. The number of nitro groups is 2. The highest BCUT2D eigenvalue weighted by atomic mass is 16.6. The molecule has 0 radical (unpaired) electrons. The number of anilines is 2. The maximum Gasteiger partial charge on any atom is 0.299 e. The van der Waals surface area contributed by atoms with E-state index in [2.05, 4.69) is 42.5 Å². The van der Waals surface area contributed by atoms with E-state index in [1.54, 1.807) is 27.9 Å². The van der Waals surface area contributed by atoms with Crippen molar-refractivity contribution in [1.29, 1.82) is 0 Å². The van der Waals surface area contributed by atoms with Gasteiger partial charge in [-0.15, -0.1) is 0 Å². The number of likely N-dealkylation sites (N-methyl/N-ethyl adjacent to an activating group) is 2. The normalized spacial score (nSPS) is 16.3. The summed E-state index contributed by atoms with van der Waals surface area (Å²) in [5, 5.41) is 48.7. The molecule has 446 valence electrons. The first-order valence-electron chi connectivity index (χ1n) is 28.9. The third kappa shape index (κ3) is 16.7. The lowest BCUT2D eigenvalue weighted by molar-refractivity contribution is -0.393. The molecule has 6 amide bonds. The summed E-state index contributed by atoms with van der Waals surface area (Å²) in [5.74, 6) is -2.25. The topological polar surface area (TPSA) is 291 Å². The van der Waals surface area contributed by atoms with Gasteiger partial charge in [-0.1, -0.05) is 121 Å². The van der Waals surface area contributed by atoms with Gasteiger partial charge in [-0.2, -0.15) is 0 Å². The predicted octanol–water partition coefficient (Wildman–Crippen LogP) is 6.65. The zero-order chi connectivity index (χ0) is 60.1. The maximum atomic E-state index is 14.4. The van der Waals surface area contributed by atoms with Crippen LogP contribution in [0.1, 0.15) is 112 Å². The smallest absolute Gasteiger partial charge is 0.299 e. The molecule has 2 aliphatic rings. The van der Waals surface area contributed by atoms with Crippen molar-refractivity contribution in [2.75, 3.05) is 50.9 Å². The fourth-order valence-electron chi connectivity index (χ4n) is 10.7. The second-order valence-electron chi connectivity index (χ2n) is 21.3. The van der Waals surface area contributed by atoms with E-state index in [9.17, 15) is 49.0 Å². The Morgan fingerprint density at radius 1 is 0.500 bits per heavy atom. The number of amides is 6. The Balaban J connectivity index is 0.972. The van der Waals surface area contributed by atoms with Crippen LogP contribution < -0.4 is 42.5 Å². The van der Waals surface area contributed by atoms with Crippen molar-refractivity contribution in [3.8, 4) is 0 Å². The number of hydrogen-bond acceptors (Lipinski definition) is 14. The van der Waals surface area contributed by atoms with Gasteiger partial charge in [0.1, 0.15) is 35.5 Å². The summed E-state index contributed by atoms with van der Waals surface area (Å²) in [6.45, 7) is 4.27. The van der Waals surface area contributed by atoms with Crippen LogP contribution in [0.4, 0.5) is 22.7 Å².